The fourth-order valence-electron chi connectivity index (χ4n) is 8.73. The van der Waals surface area contributed by atoms with Gasteiger partial charge >= 0.3 is 5.97 Å². The summed E-state index contributed by atoms with van der Waals surface area (Å²) < 4.78 is 13.0. The zero-order chi connectivity index (χ0) is 36.1. The Morgan fingerprint density at radius 2 is 1.71 bits per heavy atom. The van der Waals surface area contributed by atoms with Gasteiger partial charge in [-0.25, -0.2) is 0 Å². The van der Waals surface area contributed by atoms with Crippen molar-refractivity contribution in [2.24, 2.45) is 11.8 Å². The quantitative estimate of drug-likeness (QED) is 0.146. The maximum atomic E-state index is 15.1. The second-order valence-electron chi connectivity index (χ2n) is 14.1. The van der Waals surface area contributed by atoms with Crippen LogP contribution in [0.2, 0.25) is 0 Å². The molecule has 3 aliphatic heterocycles. The molecule has 8 atom stereocenters. The lowest BCUT2D eigenvalue weighted by atomic mass is 9.70. The molecule has 51 heavy (non-hydrogen) atoms. The topological polar surface area (TPSA) is 125 Å². The van der Waals surface area contributed by atoms with Crippen LogP contribution in [0.15, 0.2) is 86.0 Å². The summed E-state index contributed by atoms with van der Waals surface area (Å²) >= 11 is 3.76. The average molecular weight is 763 g/mol. The molecule has 272 valence electrons. The number of alkyl halides is 1. The number of carbonyl (C=O) groups excluding carboxylic acids is 4. The molecule has 4 aliphatic rings. The van der Waals surface area contributed by atoms with Crippen molar-refractivity contribution in [2.75, 3.05) is 19.7 Å². The van der Waals surface area contributed by atoms with Crippen LogP contribution in [0.5, 0.6) is 0 Å². The number of esters is 1. The Morgan fingerprint density at radius 3 is 2.33 bits per heavy atom. The van der Waals surface area contributed by atoms with Gasteiger partial charge in [0.2, 0.25) is 17.7 Å². The number of benzene rings is 2. The van der Waals surface area contributed by atoms with Crippen LogP contribution < -0.4 is 5.32 Å². The SMILES string of the molecule is C=CCCC(=O)NC[C@H](OC(=O)[C@H]1[C@@H]2O[C@@]3(CC2Br)[C@@H]1C(=O)N([C@H](CO)c1ccccc1)[C@@H]3C(=O)N(CC=C)C1CCCCC1)c1ccccc1. The predicted octanol–water partition coefficient (Wildman–Crippen LogP) is 5.18. The maximum absolute atomic E-state index is 15.1. The van der Waals surface area contributed by atoms with Crippen molar-refractivity contribution >= 4 is 39.6 Å². The summed E-state index contributed by atoms with van der Waals surface area (Å²) in [5.41, 5.74) is 0.0259. The van der Waals surface area contributed by atoms with E-state index < -0.39 is 60.2 Å². The van der Waals surface area contributed by atoms with Gasteiger partial charge in [-0.15, -0.1) is 13.2 Å². The van der Waals surface area contributed by atoms with Crippen LogP contribution in [-0.4, -0.2) is 86.9 Å². The van der Waals surface area contributed by atoms with Gasteiger partial charge in [-0.3, -0.25) is 19.2 Å². The molecule has 11 heteroatoms. The van der Waals surface area contributed by atoms with Crippen molar-refractivity contribution in [1.82, 2.24) is 15.1 Å². The molecule has 3 saturated heterocycles. The van der Waals surface area contributed by atoms with E-state index in [1.807, 2.05) is 65.6 Å². The van der Waals surface area contributed by atoms with E-state index in [-0.39, 0.29) is 35.6 Å². The number of nitrogens with zero attached hydrogens (tertiary/aromatic N) is 2. The Balaban J connectivity index is 1.37. The first-order valence-corrected chi connectivity index (χ1v) is 19.0. The highest BCUT2D eigenvalue weighted by molar-refractivity contribution is 9.09. The van der Waals surface area contributed by atoms with Crippen molar-refractivity contribution in [3.05, 3.63) is 97.1 Å². The van der Waals surface area contributed by atoms with E-state index in [4.69, 9.17) is 9.47 Å². The molecule has 4 fully saturated rings. The number of allylic oxidation sites excluding steroid dienone is 1. The number of nitrogens with one attached hydrogen (secondary N) is 1. The zero-order valence-corrected chi connectivity index (χ0v) is 30.5. The summed E-state index contributed by atoms with van der Waals surface area (Å²) in [5.74, 6) is -3.57. The molecule has 10 nitrogen and oxygen atoms in total. The predicted molar refractivity (Wildman–Crippen MR) is 195 cm³/mol. The standard InChI is InChI=1S/C40H48BrN3O7/c1-3-5-21-32(46)42-24-31(27-17-11-7-12-18-27)50-39(49)33-34-37(47)44(30(25-45)26-15-9-6-10-16-26)36(40(34)23-29(41)35(33)51-40)38(48)43(22-4-2)28-19-13-8-14-20-28/h3-4,6-7,9-12,15-18,28-31,33-36,45H,1-2,5,8,13-14,19-25H2,(H,42,46)/t29?,30-,31+,33-,34+,35-,36-,40+/m1/s1. The van der Waals surface area contributed by atoms with E-state index in [1.165, 1.54) is 4.90 Å². The van der Waals surface area contributed by atoms with Gasteiger partial charge in [0.05, 0.1) is 37.1 Å². The summed E-state index contributed by atoms with van der Waals surface area (Å²) in [4.78, 5) is 60.0. The number of fused-ring (bicyclic) bond motifs is 1. The van der Waals surface area contributed by atoms with Crippen molar-refractivity contribution in [3.63, 3.8) is 0 Å². The van der Waals surface area contributed by atoms with Crippen molar-refractivity contribution in [2.45, 2.75) is 92.1 Å². The number of amides is 3. The third-order valence-corrected chi connectivity index (χ3v) is 11.9. The highest BCUT2D eigenvalue weighted by Gasteiger charge is 2.78. The van der Waals surface area contributed by atoms with E-state index in [1.54, 1.807) is 12.2 Å². The second-order valence-corrected chi connectivity index (χ2v) is 15.2. The molecule has 1 unspecified atom stereocenters. The molecule has 0 radical (unpaired) electrons. The first kappa shape index (κ1) is 37.0. The van der Waals surface area contributed by atoms with Gasteiger partial charge in [-0.2, -0.15) is 0 Å². The fourth-order valence-corrected chi connectivity index (χ4v) is 9.67. The van der Waals surface area contributed by atoms with Gasteiger partial charge in [0.1, 0.15) is 17.7 Å². The molecule has 2 N–H and O–H groups in total. The highest BCUT2D eigenvalue weighted by atomic mass is 79.9. The van der Waals surface area contributed by atoms with Crippen LogP contribution in [0.25, 0.3) is 0 Å². The molecule has 3 amide bonds. The van der Waals surface area contributed by atoms with Gasteiger partial charge in [0.25, 0.3) is 0 Å². The number of likely N-dealkylation sites (tertiary alicyclic amines) is 1. The smallest absolute Gasteiger partial charge is 0.313 e. The molecule has 3 heterocycles. The molecular formula is C40H48BrN3O7. The number of hydrogen-bond donors (Lipinski definition) is 2. The third kappa shape index (κ3) is 7.17. The maximum Gasteiger partial charge on any atom is 0.313 e. The number of carbonyl (C=O) groups is 4. The number of halogens is 1. The lowest BCUT2D eigenvalue weighted by molar-refractivity contribution is -0.161. The molecule has 0 aromatic heterocycles. The van der Waals surface area contributed by atoms with E-state index in [0.717, 1.165) is 32.1 Å². The van der Waals surface area contributed by atoms with Crippen LogP contribution >= 0.6 is 15.9 Å². The van der Waals surface area contributed by atoms with Crippen LogP contribution in [0, 0.1) is 11.8 Å². The van der Waals surface area contributed by atoms with Gasteiger partial charge in [-0.1, -0.05) is 108 Å². The highest BCUT2D eigenvalue weighted by Crippen LogP contribution is 2.61. The Hall–Kier alpha value is -3.80. The van der Waals surface area contributed by atoms with Crippen LogP contribution in [-0.2, 0) is 28.7 Å². The van der Waals surface area contributed by atoms with Crippen molar-refractivity contribution in [1.29, 1.82) is 0 Å². The molecule has 2 bridgehead atoms. The fraction of sp³-hybridized carbons (Fsp3) is 0.500. The second kappa shape index (κ2) is 16.3. The molecule has 1 saturated carbocycles. The number of aliphatic hydroxyl groups excluding tert-OH is 1. The van der Waals surface area contributed by atoms with E-state index >= 15 is 4.79 Å². The monoisotopic (exact) mass is 761 g/mol. The van der Waals surface area contributed by atoms with Crippen LogP contribution in [0.1, 0.15) is 74.6 Å². The summed E-state index contributed by atoms with van der Waals surface area (Å²) in [6.07, 6.45) is 7.73. The number of rotatable bonds is 15. The Kier molecular flexibility index (Phi) is 11.8. The van der Waals surface area contributed by atoms with Crippen LogP contribution in [0.3, 0.4) is 0 Å². The minimum absolute atomic E-state index is 0.0200. The Morgan fingerprint density at radius 1 is 1.04 bits per heavy atom. The van der Waals surface area contributed by atoms with E-state index in [9.17, 15) is 19.5 Å². The van der Waals surface area contributed by atoms with Gasteiger partial charge in [-0.05, 0) is 36.8 Å². The minimum atomic E-state index is -1.34. The van der Waals surface area contributed by atoms with Gasteiger partial charge < -0.3 is 29.7 Å². The van der Waals surface area contributed by atoms with E-state index in [2.05, 4.69) is 34.4 Å². The first-order chi connectivity index (χ1) is 24.7. The van der Waals surface area contributed by atoms with Crippen molar-refractivity contribution < 1.29 is 33.8 Å². The molecule has 2 aromatic rings. The third-order valence-electron chi connectivity index (χ3n) is 11.0. The summed E-state index contributed by atoms with van der Waals surface area (Å²) in [7, 11) is 0. The van der Waals surface area contributed by atoms with Gasteiger partial charge in [0.15, 0.2) is 0 Å². The number of hydrogen-bond acceptors (Lipinski definition) is 7. The lowest BCUT2D eigenvalue weighted by Crippen LogP contribution is -2.59. The normalized spacial score (nSPS) is 28.1. The van der Waals surface area contributed by atoms with Gasteiger partial charge in [0, 0.05) is 23.8 Å². The largest absolute Gasteiger partial charge is 0.455 e. The number of aliphatic hydroxyl groups is 1. The molecule has 6 rings (SSSR count). The molecule has 2 aromatic carbocycles. The Labute approximate surface area is 308 Å². The molecular weight excluding hydrogens is 714 g/mol. The zero-order valence-electron chi connectivity index (χ0n) is 28.9. The summed E-state index contributed by atoms with van der Waals surface area (Å²) in [5, 5.41) is 13.8. The Bertz CT molecular complexity index is 1580. The minimum Gasteiger partial charge on any atom is -0.455 e. The summed E-state index contributed by atoms with van der Waals surface area (Å²) in [6, 6.07) is 16.4. The van der Waals surface area contributed by atoms with Crippen LogP contribution in [0.4, 0.5) is 0 Å². The number of ether oxygens (including phenoxy) is 2. The first-order valence-electron chi connectivity index (χ1n) is 18.1. The molecule has 1 aliphatic carbocycles. The van der Waals surface area contributed by atoms with E-state index in [0.29, 0.717) is 30.5 Å². The molecule has 1 spiro atoms. The lowest BCUT2D eigenvalue weighted by Gasteiger charge is -2.42. The van der Waals surface area contributed by atoms with Crippen molar-refractivity contribution in [3.8, 4) is 0 Å². The summed E-state index contributed by atoms with van der Waals surface area (Å²) in [6.45, 7) is 7.54. The average Bonchev–Trinajstić information content (AvgIpc) is 3.75.